The van der Waals surface area contributed by atoms with Crippen molar-refractivity contribution in [2.45, 2.75) is 39.2 Å². The smallest absolute Gasteiger partial charge is 0.374 e. The van der Waals surface area contributed by atoms with Gasteiger partial charge in [0.05, 0.1) is 0 Å². The Morgan fingerprint density at radius 1 is 1.37 bits per heavy atom. The summed E-state index contributed by atoms with van der Waals surface area (Å²) in [6, 6.07) is 1.27. The highest BCUT2D eigenvalue weighted by molar-refractivity contribution is 5.94. The summed E-state index contributed by atoms with van der Waals surface area (Å²) in [5.41, 5.74) is 0.0173. The molecule has 6 nitrogen and oxygen atoms in total. The molecule has 1 aromatic rings. The summed E-state index contributed by atoms with van der Waals surface area (Å²) in [5, 5.41) is 15.1. The molecule has 0 radical (unpaired) electrons. The summed E-state index contributed by atoms with van der Waals surface area (Å²) >= 11 is 0. The van der Waals surface area contributed by atoms with Crippen LogP contribution in [-0.2, 0) is 0 Å². The van der Waals surface area contributed by atoms with E-state index < -0.39 is 5.97 Å². The molecule has 3 unspecified atom stereocenters. The van der Waals surface area contributed by atoms with Gasteiger partial charge >= 0.3 is 5.97 Å². The van der Waals surface area contributed by atoms with Gasteiger partial charge in [0, 0.05) is 12.1 Å². The fraction of sp³-hybridized carbons (Fsp3) is 0.615. The van der Waals surface area contributed by atoms with Crippen molar-refractivity contribution < 1.29 is 19.2 Å². The van der Waals surface area contributed by atoms with Gasteiger partial charge in [-0.3, -0.25) is 4.79 Å². The van der Waals surface area contributed by atoms with Gasteiger partial charge < -0.3 is 14.9 Å². The Balaban J connectivity index is 1.95. The summed E-state index contributed by atoms with van der Waals surface area (Å²) in [5.74, 6) is -0.671. The molecule has 104 valence electrons. The first-order valence-electron chi connectivity index (χ1n) is 6.48. The molecule has 1 amide bonds. The number of carboxylic acids is 1. The number of hydrogen-bond donors (Lipinski definition) is 2. The second-order valence-electron chi connectivity index (χ2n) is 5.32. The summed E-state index contributed by atoms with van der Waals surface area (Å²) in [6.07, 6.45) is 2.97. The molecule has 0 aliphatic heterocycles. The molecule has 0 bridgehead atoms. The molecule has 1 aromatic heterocycles. The number of aromatic carboxylic acids is 1. The maximum absolute atomic E-state index is 11.9. The highest BCUT2D eigenvalue weighted by Gasteiger charge is 2.26. The number of hydrogen-bond acceptors (Lipinski definition) is 4. The van der Waals surface area contributed by atoms with Gasteiger partial charge in [-0.1, -0.05) is 19.0 Å². The van der Waals surface area contributed by atoms with Crippen LogP contribution in [0.1, 0.15) is 54.2 Å². The summed E-state index contributed by atoms with van der Waals surface area (Å²) in [7, 11) is 0. The van der Waals surface area contributed by atoms with Crippen LogP contribution in [0.25, 0.3) is 0 Å². The lowest BCUT2D eigenvalue weighted by atomic mass is 9.79. The van der Waals surface area contributed by atoms with Crippen LogP contribution in [-0.4, -0.2) is 28.2 Å². The lowest BCUT2D eigenvalue weighted by Gasteiger charge is -2.32. The van der Waals surface area contributed by atoms with Crippen molar-refractivity contribution in [2.24, 2.45) is 11.8 Å². The SMILES string of the molecule is CC1CCC(NC(=O)c2cc(C(=O)O)on2)CC1C. The molecule has 0 aromatic carbocycles. The topological polar surface area (TPSA) is 92.4 Å². The molecule has 0 saturated heterocycles. The van der Waals surface area contributed by atoms with Crippen molar-refractivity contribution in [3.8, 4) is 0 Å². The number of carbonyl (C=O) groups excluding carboxylic acids is 1. The Bertz CT molecular complexity index is 483. The Hall–Kier alpha value is -1.85. The van der Waals surface area contributed by atoms with Crippen LogP contribution in [0.2, 0.25) is 0 Å². The number of amides is 1. The first kappa shape index (κ1) is 13.6. The second kappa shape index (κ2) is 5.42. The van der Waals surface area contributed by atoms with Crippen molar-refractivity contribution in [2.75, 3.05) is 0 Å². The Labute approximate surface area is 111 Å². The van der Waals surface area contributed by atoms with Crippen molar-refractivity contribution in [3.63, 3.8) is 0 Å². The highest BCUT2D eigenvalue weighted by atomic mass is 16.5. The van der Waals surface area contributed by atoms with Gasteiger partial charge in [0.2, 0.25) is 5.76 Å². The molecule has 1 aliphatic carbocycles. The van der Waals surface area contributed by atoms with Crippen LogP contribution < -0.4 is 5.32 Å². The van der Waals surface area contributed by atoms with E-state index in [1.165, 1.54) is 0 Å². The van der Waals surface area contributed by atoms with Gasteiger partial charge in [-0.15, -0.1) is 0 Å². The maximum atomic E-state index is 11.9. The normalized spacial score (nSPS) is 26.9. The number of aromatic nitrogens is 1. The molecule has 1 aliphatic rings. The number of carboxylic acid groups (broad SMARTS) is 1. The van der Waals surface area contributed by atoms with E-state index in [0.29, 0.717) is 11.8 Å². The predicted octanol–water partition coefficient (Wildman–Crippen LogP) is 1.93. The lowest BCUT2D eigenvalue weighted by Crippen LogP contribution is -2.39. The van der Waals surface area contributed by atoms with Crippen LogP contribution in [0.15, 0.2) is 10.6 Å². The van der Waals surface area contributed by atoms with Gasteiger partial charge in [0.15, 0.2) is 5.69 Å². The molecule has 0 spiro atoms. The third-order valence-electron chi connectivity index (χ3n) is 3.89. The third-order valence-corrected chi connectivity index (χ3v) is 3.89. The van der Waals surface area contributed by atoms with Crippen LogP contribution in [0.3, 0.4) is 0 Å². The maximum Gasteiger partial charge on any atom is 0.374 e. The number of nitrogens with zero attached hydrogens (tertiary/aromatic N) is 1. The van der Waals surface area contributed by atoms with Crippen LogP contribution in [0.5, 0.6) is 0 Å². The van der Waals surface area contributed by atoms with E-state index in [4.69, 9.17) is 5.11 Å². The summed E-state index contributed by atoms with van der Waals surface area (Å²) in [4.78, 5) is 22.6. The van der Waals surface area contributed by atoms with Crippen LogP contribution in [0, 0.1) is 11.8 Å². The van der Waals surface area contributed by atoms with E-state index in [1.807, 2.05) is 0 Å². The number of carbonyl (C=O) groups is 2. The average molecular weight is 266 g/mol. The Morgan fingerprint density at radius 2 is 2.11 bits per heavy atom. The summed E-state index contributed by atoms with van der Waals surface area (Å²) in [6.45, 7) is 4.40. The molecule has 1 heterocycles. The molecular weight excluding hydrogens is 248 g/mol. The van der Waals surface area contributed by atoms with Gasteiger partial charge in [0.25, 0.3) is 5.91 Å². The molecule has 1 fully saturated rings. The molecular formula is C13H18N2O4. The zero-order chi connectivity index (χ0) is 14.0. The molecule has 2 N–H and O–H groups in total. The predicted molar refractivity (Wildman–Crippen MR) is 66.9 cm³/mol. The van der Waals surface area contributed by atoms with Gasteiger partial charge in [-0.25, -0.2) is 4.79 Å². The minimum atomic E-state index is -1.23. The van der Waals surface area contributed by atoms with Crippen molar-refractivity contribution in [1.82, 2.24) is 10.5 Å². The largest absolute Gasteiger partial charge is 0.475 e. The van der Waals surface area contributed by atoms with Crippen molar-refractivity contribution in [1.29, 1.82) is 0 Å². The van der Waals surface area contributed by atoms with Gasteiger partial charge in [-0.05, 0) is 31.1 Å². The van der Waals surface area contributed by atoms with Crippen molar-refractivity contribution >= 4 is 11.9 Å². The van der Waals surface area contributed by atoms with Crippen LogP contribution in [0.4, 0.5) is 0 Å². The molecule has 1 saturated carbocycles. The minimum absolute atomic E-state index is 0.0173. The second-order valence-corrected chi connectivity index (χ2v) is 5.32. The Kier molecular flexibility index (Phi) is 3.87. The van der Waals surface area contributed by atoms with E-state index in [2.05, 4.69) is 28.8 Å². The standard InChI is InChI=1S/C13H18N2O4/c1-7-3-4-9(5-8(7)2)14-12(16)10-6-11(13(17)18)19-15-10/h6-9H,3-5H2,1-2H3,(H,14,16)(H,17,18). The lowest BCUT2D eigenvalue weighted by molar-refractivity contribution is 0.0650. The van der Waals surface area contributed by atoms with E-state index in [-0.39, 0.29) is 23.4 Å². The quantitative estimate of drug-likeness (QED) is 0.872. The van der Waals surface area contributed by atoms with Gasteiger partial charge in [-0.2, -0.15) is 0 Å². The van der Waals surface area contributed by atoms with E-state index >= 15 is 0 Å². The van der Waals surface area contributed by atoms with Crippen molar-refractivity contribution in [3.05, 3.63) is 17.5 Å². The Morgan fingerprint density at radius 3 is 2.68 bits per heavy atom. The fourth-order valence-corrected chi connectivity index (χ4v) is 2.42. The molecule has 3 atom stereocenters. The third kappa shape index (κ3) is 3.13. The van der Waals surface area contributed by atoms with Crippen LogP contribution >= 0.6 is 0 Å². The van der Waals surface area contributed by atoms with E-state index in [0.717, 1.165) is 25.3 Å². The molecule has 19 heavy (non-hydrogen) atoms. The van der Waals surface area contributed by atoms with Gasteiger partial charge in [0.1, 0.15) is 0 Å². The fourth-order valence-electron chi connectivity index (χ4n) is 2.42. The zero-order valence-corrected chi connectivity index (χ0v) is 11.0. The number of nitrogens with one attached hydrogen (secondary N) is 1. The highest BCUT2D eigenvalue weighted by Crippen LogP contribution is 2.29. The first-order valence-corrected chi connectivity index (χ1v) is 6.48. The number of rotatable bonds is 3. The van der Waals surface area contributed by atoms with E-state index in [9.17, 15) is 9.59 Å². The minimum Gasteiger partial charge on any atom is -0.475 e. The first-order chi connectivity index (χ1) is 8.97. The van der Waals surface area contributed by atoms with E-state index in [1.54, 1.807) is 0 Å². The zero-order valence-electron chi connectivity index (χ0n) is 11.0. The summed E-state index contributed by atoms with van der Waals surface area (Å²) < 4.78 is 4.56. The average Bonchev–Trinajstić information content (AvgIpc) is 2.83. The molecule has 6 heteroatoms. The monoisotopic (exact) mass is 266 g/mol. The molecule has 2 rings (SSSR count).